The van der Waals surface area contributed by atoms with E-state index in [2.05, 4.69) is 50.3 Å². The number of thioether (sulfide) groups is 1. The number of rotatable bonds is 8. The third-order valence-corrected chi connectivity index (χ3v) is 4.19. The van der Waals surface area contributed by atoms with Crippen molar-refractivity contribution in [2.45, 2.75) is 38.0 Å². The van der Waals surface area contributed by atoms with Crippen LogP contribution in [0.4, 0.5) is 0 Å². The van der Waals surface area contributed by atoms with Crippen molar-refractivity contribution in [2.24, 2.45) is 5.92 Å². The Morgan fingerprint density at radius 1 is 1.28 bits per heavy atom. The van der Waals surface area contributed by atoms with E-state index < -0.39 is 0 Å². The van der Waals surface area contributed by atoms with E-state index in [0.717, 1.165) is 18.6 Å². The van der Waals surface area contributed by atoms with Crippen LogP contribution in [0, 0.1) is 5.92 Å². The summed E-state index contributed by atoms with van der Waals surface area (Å²) in [4.78, 5) is 1.33. The third kappa shape index (κ3) is 6.87. The van der Waals surface area contributed by atoms with Gasteiger partial charge in [-0.15, -0.1) is 11.8 Å². The minimum Gasteiger partial charge on any atom is -0.396 e. The molecule has 1 N–H and O–H groups in total. The van der Waals surface area contributed by atoms with Crippen LogP contribution in [0.1, 0.15) is 33.1 Å². The fourth-order valence-electron chi connectivity index (χ4n) is 1.75. The molecule has 1 rings (SSSR count). The highest BCUT2D eigenvalue weighted by Crippen LogP contribution is 2.20. The molecule has 0 radical (unpaired) electrons. The summed E-state index contributed by atoms with van der Waals surface area (Å²) in [6.45, 7) is 4.72. The van der Waals surface area contributed by atoms with Gasteiger partial charge in [-0.05, 0) is 44.2 Å². The smallest absolute Gasteiger partial charge is 0.0433 e. The highest BCUT2D eigenvalue weighted by atomic mass is 32.2. The zero-order valence-corrected chi connectivity index (χ0v) is 12.2. The van der Waals surface area contributed by atoms with Crippen LogP contribution in [-0.4, -0.2) is 17.5 Å². The van der Waals surface area contributed by atoms with Gasteiger partial charge in [-0.2, -0.15) is 0 Å². The average Bonchev–Trinajstić information content (AvgIpc) is 2.38. The van der Waals surface area contributed by atoms with Crippen molar-refractivity contribution in [3.63, 3.8) is 0 Å². The van der Waals surface area contributed by atoms with E-state index in [1.54, 1.807) is 0 Å². The van der Waals surface area contributed by atoms with E-state index in [9.17, 15) is 0 Å². The summed E-state index contributed by atoms with van der Waals surface area (Å²) in [7, 11) is 0. The van der Waals surface area contributed by atoms with Gasteiger partial charge in [0, 0.05) is 17.3 Å². The average molecular weight is 264 g/mol. The molecule has 0 aliphatic heterocycles. The van der Waals surface area contributed by atoms with Crippen LogP contribution >= 0.6 is 11.8 Å². The Bertz CT molecular complexity index is 345. The van der Waals surface area contributed by atoms with Gasteiger partial charge in [0.2, 0.25) is 0 Å². The molecule has 1 aromatic rings. The molecule has 0 aliphatic rings. The standard InChI is InChI=1S/C16H24OS/c1-14(11-12-17)7-6-8-15(2)13-18-16-9-4-3-5-10-16/h3-5,8-10,14,17H,6-7,11-13H2,1-2H3. The molecule has 1 aromatic carbocycles. The Labute approximate surface area is 115 Å². The van der Waals surface area contributed by atoms with Gasteiger partial charge in [-0.1, -0.05) is 36.8 Å². The van der Waals surface area contributed by atoms with E-state index in [4.69, 9.17) is 5.11 Å². The molecule has 0 fully saturated rings. The molecule has 0 amide bonds. The summed E-state index contributed by atoms with van der Waals surface area (Å²) in [5.74, 6) is 1.69. The molecule has 100 valence electrons. The fraction of sp³-hybridized carbons (Fsp3) is 0.500. The molecular formula is C16H24OS. The Morgan fingerprint density at radius 2 is 2.00 bits per heavy atom. The van der Waals surface area contributed by atoms with Gasteiger partial charge in [0.25, 0.3) is 0 Å². The summed E-state index contributed by atoms with van der Waals surface area (Å²) >= 11 is 1.89. The quantitative estimate of drug-likeness (QED) is 0.550. The molecule has 0 heterocycles. The van der Waals surface area contributed by atoms with E-state index in [1.807, 2.05) is 11.8 Å². The lowest BCUT2D eigenvalue weighted by Gasteiger charge is -2.07. The van der Waals surface area contributed by atoms with Crippen LogP contribution in [0.15, 0.2) is 46.9 Å². The van der Waals surface area contributed by atoms with Gasteiger partial charge in [0.15, 0.2) is 0 Å². The van der Waals surface area contributed by atoms with Crippen LogP contribution in [0.3, 0.4) is 0 Å². The van der Waals surface area contributed by atoms with E-state index in [1.165, 1.54) is 16.9 Å². The topological polar surface area (TPSA) is 20.2 Å². The molecule has 0 aromatic heterocycles. The molecule has 0 saturated heterocycles. The molecule has 0 bridgehead atoms. The first-order chi connectivity index (χ1) is 8.72. The van der Waals surface area contributed by atoms with Gasteiger partial charge in [0.1, 0.15) is 0 Å². The van der Waals surface area contributed by atoms with Crippen LogP contribution in [0.2, 0.25) is 0 Å². The van der Waals surface area contributed by atoms with E-state index in [0.29, 0.717) is 12.5 Å². The van der Waals surface area contributed by atoms with E-state index in [-0.39, 0.29) is 0 Å². The first kappa shape index (κ1) is 15.3. The fourth-order valence-corrected chi connectivity index (χ4v) is 2.61. The van der Waals surface area contributed by atoms with Crippen molar-refractivity contribution in [3.05, 3.63) is 42.0 Å². The summed E-state index contributed by atoms with van der Waals surface area (Å²) in [5, 5.41) is 8.84. The zero-order valence-electron chi connectivity index (χ0n) is 11.4. The lowest BCUT2D eigenvalue weighted by Crippen LogP contribution is -1.97. The van der Waals surface area contributed by atoms with Gasteiger partial charge < -0.3 is 5.11 Å². The third-order valence-electron chi connectivity index (χ3n) is 2.98. The van der Waals surface area contributed by atoms with Gasteiger partial charge >= 0.3 is 0 Å². The van der Waals surface area contributed by atoms with Crippen molar-refractivity contribution < 1.29 is 5.11 Å². The number of hydrogen-bond acceptors (Lipinski definition) is 2. The second kappa shape index (κ2) is 9.23. The highest BCUT2D eigenvalue weighted by molar-refractivity contribution is 7.99. The minimum absolute atomic E-state index is 0.313. The zero-order chi connectivity index (χ0) is 13.2. The molecule has 1 atom stereocenters. The maximum atomic E-state index is 8.84. The summed E-state index contributed by atoms with van der Waals surface area (Å²) < 4.78 is 0. The largest absolute Gasteiger partial charge is 0.396 e. The minimum atomic E-state index is 0.313. The Morgan fingerprint density at radius 3 is 2.67 bits per heavy atom. The SMILES string of the molecule is CC(=CCCC(C)CCO)CSc1ccccc1. The number of benzene rings is 1. The van der Waals surface area contributed by atoms with Gasteiger partial charge in [-0.25, -0.2) is 0 Å². The molecule has 1 unspecified atom stereocenters. The second-order valence-electron chi connectivity index (χ2n) is 4.85. The lowest BCUT2D eigenvalue weighted by molar-refractivity contribution is 0.259. The van der Waals surface area contributed by atoms with Gasteiger partial charge in [-0.3, -0.25) is 0 Å². The van der Waals surface area contributed by atoms with Crippen LogP contribution in [-0.2, 0) is 0 Å². The number of allylic oxidation sites excluding steroid dienone is 1. The first-order valence-corrected chi connectivity index (χ1v) is 7.65. The molecule has 18 heavy (non-hydrogen) atoms. The second-order valence-corrected chi connectivity index (χ2v) is 5.90. The normalized spacial score (nSPS) is 13.6. The number of aliphatic hydroxyl groups is 1. The Kier molecular flexibility index (Phi) is 7.86. The molecule has 2 heteroatoms. The van der Waals surface area contributed by atoms with Gasteiger partial charge in [0.05, 0.1) is 0 Å². The Balaban J connectivity index is 2.22. The van der Waals surface area contributed by atoms with E-state index >= 15 is 0 Å². The maximum Gasteiger partial charge on any atom is 0.0433 e. The molecular weight excluding hydrogens is 240 g/mol. The van der Waals surface area contributed by atoms with Crippen LogP contribution in [0.25, 0.3) is 0 Å². The predicted molar refractivity (Wildman–Crippen MR) is 81.0 cm³/mol. The van der Waals surface area contributed by atoms with Crippen molar-refractivity contribution in [1.82, 2.24) is 0 Å². The molecule has 0 saturated carbocycles. The molecule has 0 aliphatic carbocycles. The number of hydrogen-bond donors (Lipinski definition) is 1. The predicted octanol–water partition coefficient (Wildman–Crippen LogP) is 4.52. The highest BCUT2D eigenvalue weighted by Gasteiger charge is 2.00. The van der Waals surface area contributed by atoms with Crippen molar-refractivity contribution in [2.75, 3.05) is 12.4 Å². The first-order valence-electron chi connectivity index (χ1n) is 6.66. The van der Waals surface area contributed by atoms with Crippen molar-refractivity contribution in [3.8, 4) is 0 Å². The Hall–Kier alpha value is -0.730. The van der Waals surface area contributed by atoms with Crippen LogP contribution in [0.5, 0.6) is 0 Å². The summed E-state index contributed by atoms with van der Waals surface area (Å²) in [5.41, 5.74) is 1.44. The monoisotopic (exact) mass is 264 g/mol. The summed E-state index contributed by atoms with van der Waals surface area (Å²) in [6.07, 6.45) is 5.56. The summed E-state index contributed by atoms with van der Waals surface area (Å²) in [6, 6.07) is 10.5. The van der Waals surface area contributed by atoms with Crippen molar-refractivity contribution in [1.29, 1.82) is 0 Å². The lowest BCUT2D eigenvalue weighted by atomic mass is 10.0. The molecule has 1 nitrogen and oxygen atoms in total. The van der Waals surface area contributed by atoms with Crippen LogP contribution < -0.4 is 0 Å². The van der Waals surface area contributed by atoms with Crippen molar-refractivity contribution >= 4 is 11.8 Å². The maximum absolute atomic E-state index is 8.84. The number of aliphatic hydroxyl groups excluding tert-OH is 1. The molecule has 0 spiro atoms.